The second-order valence-electron chi connectivity index (χ2n) is 2.87. The van der Waals surface area contributed by atoms with Crippen molar-refractivity contribution in [3.63, 3.8) is 0 Å². The number of fused-ring (bicyclic) bond motifs is 1. The van der Waals surface area contributed by atoms with Gasteiger partial charge in [0.05, 0.1) is 11.6 Å². The molecule has 0 unspecified atom stereocenters. The number of hydrazine groups is 1. The number of hydrogen-bond donors (Lipinski definition) is 4. The Balaban J connectivity index is 2.39. The SMILES string of the molecule is CC(=O)NNc1nc(N)nc2[nH]ncc12. The van der Waals surface area contributed by atoms with Crippen LogP contribution < -0.4 is 16.6 Å². The normalized spacial score (nSPS) is 10.2. The Morgan fingerprint density at radius 2 is 2.33 bits per heavy atom. The predicted molar refractivity (Wildman–Crippen MR) is 53.5 cm³/mol. The van der Waals surface area contributed by atoms with Gasteiger partial charge in [0.25, 0.3) is 0 Å². The van der Waals surface area contributed by atoms with Crippen molar-refractivity contribution in [2.24, 2.45) is 0 Å². The maximum Gasteiger partial charge on any atom is 0.235 e. The molecule has 2 rings (SSSR count). The van der Waals surface area contributed by atoms with Gasteiger partial charge in [-0.05, 0) is 0 Å². The van der Waals surface area contributed by atoms with Crippen molar-refractivity contribution in [1.82, 2.24) is 25.6 Å². The molecule has 5 N–H and O–H groups in total. The molecule has 0 aromatic carbocycles. The molecule has 2 heterocycles. The van der Waals surface area contributed by atoms with E-state index in [1.54, 1.807) is 6.20 Å². The van der Waals surface area contributed by atoms with E-state index in [1.165, 1.54) is 6.92 Å². The second kappa shape index (κ2) is 3.40. The molecule has 1 amide bonds. The lowest BCUT2D eigenvalue weighted by Crippen LogP contribution is -2.27. The first-order valence-corrected chi connectivity index (χ1v) is 4.16. The van der Waals surface area contributed by atoms with Crippen LogP contribution in [0, 0.1) is 0 Å². The zero-order valence-electron chi connectivity index (χ0n) is 7.90. The number of rotatable bonds is 2. The summed E-state index contributed by atoms with van der Waals surface area (Å²) in [5.74, 6) is 0.268. The van der Waals surface area contributed by atoms with E-state index in [0.717, 1.165) is 0 Å². The van der Waals surface area contributed by atoms with Gasteiger partial charge in [-0.2, -0.15) is 15.1 Å². The Labute approximate surface area is 84.3 Å². The molecule has 2 aromatic rings. The molecule has 0 radical (unpaired) electrons. The molecule has 0 aliphatic rings. The van der Waals surface area contributed by atoms with E-state index >= 15 is 0 Å². The van der Waals surface area contributed by atoms with Gasteiger partial charge in [0, 0.05) is 6.92 Å². The number of aromatic nitrogens is 4. The predicted octanol–water partition coefficient (Wildman–Crippen LogP) is -0.602. The second-order valence-corrected chi connectivity index (χ2v) is 2.87. The fourth-order valence-electron chi connectivity index (χ4n) is 1.09. The molecule has 0 fully saturated rings. The average Bonchev–Trinajstić information content (AvgIpc) is 2.61. The molecular weight excluding hydrogens is 198 g/mol. The number of carbonyl (C=O) groups is 1. The van der Waals surface area contributed by atoms with Crippen molar-refractivity contribution in [1.29, 1.82) is 0 Å². The Morgan fingerprint density at radius 1 is 1.53 bits per heavy atom. The number of hydrogen-bond acceptors (Lipinski definition) is 6. The molecule has 0 saturated carbocycles. The van der Waals surface area contributed by atoms with Crippen molar-refractivity contribution in [3.8, 4) is 0 Å². The molecule has 0 aliphatic heterocycles. The molecule has 78 valence electrons. The number of anilines is 2. The van der Waals surface area contributed by atoms with Crippen molar-refractivity contribution < 1.29 is 4.79 Å². The summed E-state index contributed by atoms with van der Waals surface area (Å²) in [5, 5.41) is 7.10. The van der Waals surface area contributed by atoms with Gasteiger partial charge < -0.3 is 5.73 Å². The van der Waals surface area contributed by atoms with E-state index in [1.807, 2.05) is 0 Å². The maximum atomic E-state index is 10.7. The third-order valence-corrected chi connectivity index (χ3v) is 1.68. The summed E-state index contributed by atoms with van der Waals surface area (Å²) in [5.41, 5.74) is 11.0. The van der Waals surface area contributed by atoms with Crippen LogP contribution >= 0.6 is 0 Å². The van der Waals surface area contributed by atoms with E-state index < -0.39 is 0 Å². The molecule has 0 saturated heterocycles. The lowest BCUT2D eigenvalue weighted by molar-refractivity contribution is -0.118. The molecule has 0 spiro atoms. The average molecular weight is 207 g/mol. The van der Waals surface area contributed by atoms with Crippen LogP contribution in [-0.4, -0.2) is 26.1 Å². The quantitative estimate of drug-likeness (QED) is 0.488. The smallest absolute Gasteiger partial charge is 0.235 e. The number of aromatic amines is 1. The van der Waals surface area contributed by atoms with Crippen LogP contribution in [0.3, 0.4) is 0 Å². The third-order valence-electron chi connectivity index (χ3n) is 1.68. The molecule has 0 bridgehead atoms. The fourth-order valence-corrected chi connectivity index (χ4v) is 1.09. The number of nitrogen functional groups attached to an aromatic ring is 1. The summed E-state index contributed by atoms with van der Waals surface area (Å²) in [4.78, 5) is 18.6. The van der Waals surface area contributed by atoms with Gasteiger partial charge in [-0.3, -0.25) is 20.7 Å². The van der Waals surface area contributed by atoms with Gasteiger partial charge in [0.2, 0.25) is 11.9 Å². The molecule has 0 atom stereocenters. The standard InChI is InChI=1S/C7H9N7O/c1-3(15)12-14-6-4-2-9-13-5(4)10-7(8)11-6/h2H,1H3,(H,12,15)(H4,8,9,10,11,13,14). The van der Waals surface area contributed by atoms with Crippen molar-refractivity contribution >= 4 is 28.7 Å². The Kier molecular flexibility index (Phi) is 2.08. The highest BCUT2D eigenvalue weighted by atomic mass is 16.2. The number of nitrogens with zero attached hydrogens (tertiary/aromatic N) is 3. The van der Waals surface area contributed by atoms with E-state index in [2.05, 4.69) is 31.0 Å². The van der Waals surface area contributed by atoms with Crippen molar-refractivity contribution in [2.45, 2.75) is 6.92 Å². The minimum atomic E-state index is -0.233. The van der Waals surface area contributed by atoms with Gasteiger partial charge in [-0.25, -0.2) is 0 Å². The topological polar surface area (TPSA) is 122 Å². The molecule has 8 nitrogen and oxygen atoms in total. The van der Waals surface area contributed by atoms with Gasteiger partial charge in [0.1, 0.15) is 0 Å². The number of nitrogens with one attached hydrogen (secondary N) is 3. The van der Waals surface area contributed by atoms with Crippen LogP contribution in [0.5, 0.6) is 0 Å². The molecule has 8 heteroatoms. The molecular formula is C7H9N7O. The van der Waals surface area contributed by atoms with Gasteiger partial charge in [-0.15, -0.1) is 0 Å². The third kappa shape index (κ3) is 1.77. The Morgan fingerprint density at radius 3 is 3.07 bits per heavy atom. The summed E-state index contributed by atoms with van der Waals surface area (Å²) in [6.45, 7) is 1.38. The van der Waals surface area contributed by atoms with Crippen molar-refractivity contribution in [3.05, 3.63) is 6.20 Å². The summed E-state index contributed by atoms with van der Waals surface area (Å²) < 4.78 is 0. The zero-order chi connectivity index (χ0) is 10.8. The van der Waals surface area contributed by atoms with E-state index in [-0.39, 0.29) is 11.9 Å². The van der Waals surface area contributed by atoms with Crippen LogP contribution in [-0.2, 0) is 4.79 Å². The number of amides is 1. The minimum absolute atomic E-state index is 0.0969. The molecule has 15 heavy (non-hydrogen) atoms. The van der Waals surface area contributed by atoms with Gasteiger partial charge in [-0.1, -0.05) is 0 Å². The number of H-pyrrole nitrogens is 1. The van der Waals surface area contributed by atoms with Crippen LogP contribution in [0.25, 0.3) is 11.0 Å². The fraction of sp³-hybridized carbons (Fsp3) is 0.143. The molecule has 0 aliphatic carbocycles. The highest BCUT2D eigenvalue weighted by Gasteiger charge is 2.07. The lowest BCUT2D eigenvalue weighted by atomic mass is 10.4. The first-order chi connectivity index (χ1) is 7.16. The van der Waals surface area contributed by atoms with Gasteiger partial charge in [0.15, 0.2) is 11.5 Å². The highest BCUT2D eigenvalue weighted by molar-refractivity contribution is 5.87. The maximum absolute atomic E-state index is 10.7. The Hall–Kier alpha value is -2.38. The lowest BCUT2D eigenvalue weighted by Gasteiger charge is -2.06. The summed E-state index contributed by atoms with van der Waals surface area (Å²) in [6, 6.07) is 0. The summed E-state index contributed by atoms with van der Waals surface area (Å²) in [6.07, 6.45) is 1.54. The van der Waals surface area contributed by atoms with Crippen LogP contribution in [0.15, 0.2) is 6.20 Å². The van der Waals surface area contributed by atoms with E-state index in [4.69, 9.17) is 5.73 Å². The van der Waals surface area contributed by atoms with Crippen LogP contribution in [0.2, 0.25) is 0 Å². The van der Waals surface area contributed by atoms with Crippen LogP contribution in [0.4, 0.5) is 11.8 Å². The summed E-state index contributed by atoms with van der Waals surface area (Å²) in [7, 11) is 0. The van der Waals surface area contributed by atoms with E-state index in [9.17, 15) is 4.79 Å². The highest BCUT2D eigenvalue weighted by Crippen LogP contribution is 2.17. The van der Waals surface area contributed by atoms with Crippen LogP contribution in [0.1, 0.15) is 6.92 Å². The largest absolute Gasteiger partial charge is 0.368 e. The zero-order valence-corrected chi connectivity index (χ0v) is 7.90. The van der Waals surface area contributed by atoms with Gasteiger partial charge >= 0.3 is 0 Å². The minimum Gasteiger partial charge on any atom is -0.368 e. The van der Waals surface area contributed by atoms with E-state index in [0.29, 0.717) is 16.9 Å². The summed E-state index contributed by atoms with van der Waals surface area (Å²) >= 11 is 0. The first-order valence-electron chi connectivity index (χ1n) is 4.16. The van der Waals surface area contributed by atoms with Crippen molar-refractivity contribution in [2.75, 3.05) is 11.2 Å². The monoisotopic (exact) mass is 207 g/mol. The number of carbonyl (C=O) groups excluding carboxylic acids is 1. The Bertz CT molecular complexity index is 505. The number of nitrogens with two attached hydrogens (primary N) is 1. The molecule has 2 aromatic heterocycles. The first kappa shape index (κ1) is 9.19.